The van der Waals surface area contributed by atoms with Crippen molar-refractivity contribution in [3.63, 3.8) is 0 Å². The molecule has 1 aromatic heterocycles. The Morgan fingerprint density at radius 2 is 2.27 bits per heavy atom. The molecule has 0 N–H and O–H groups in total. The molecule has 15 heavy (non-hydrogen) atoms. The van der Waals surface area contributed by atoms with Gasteiger partial charge in [0.05, 0.1) is 0 Å². The average Bonchev–Trinajstić information content (AvgIpc) is 2.45. The van der Waals surface area contributed by atoms with E-state index in [1.54, 1.807) is 12.3 Å². The van der Waals surface area contributed by atoms with Crippen molar-refractivity contribution in [1.82, 2.24) is 4.98 Å². The Bertz CT molecular complexity index is 379. The van der Waals surface area contributed by atoms with Crippen LogP contribution in [0.3, 0.4) is 0 Å². The minimum absolute atomic E-state index is 0.368. The Morgan fingerprint density at radius 3 is 2.73 bits per heavy atom. The van der Waals surface area contributed by atoms with Gasteiger partial charge in [-0.1, -0.05) is 11.6 Å². The number of carbonyl (C=O) groups is 1. The van der Waals surface area contributed by atoms with Crippen molar-refractivity contribution in [2.24, 2.45) is 0 Å². The van der Waals surface area contributed by atoms with Crippen LogP contribution in [0, 0.1) is 0 Å². The predicted molar refractivity (Wildman–Crippen MR) is 62.0 cm³/mol. The van der Waals surface area contributed by atoms with Crippen molar-refractivity contribution in [2.45, 2.75) is 26.4 Å². The van der Waals surface area contributed by atoms with E-state index in [0.717, 1.165) is 4.88 Å². The fourth-order valence-corrected chi connectivity index (χ4v) is 1.68. The molecule has 0 unspecified atom stereocenters. The van der Waals surface area contributed by atoms with Crippen LogP contribution in [0.2, 0.25) is 4.47 Å². The van der Waals surface area contributed by atoms with Gasteiger partial charge in [0.15, 0.2) is 4.47 Å². The molecule has 0 spiro atoms. The predicted octanol–water partition coefficient (Wildman–Crippen LogP) is 3.15. The number of ether oxygens (including phenoxy) is 1. The van der Waals surface area contributed by atoms with E-state index in [1.807, 2.05) is 20.8 Å². The van der Waals surface area contributed by atoms with Gasteiger partial charge in [-0.3, -0.25) is 0 Å². The Labute approximate surface area is 97.7 Å². The zero-order chi connectivity index (χ0) is 11.5. The second-order valence-electron chi connectivity index (χ2n) is 3.88. The molecular weight excluding hydrogens is 234 g/mol. The highest BCUT2D eigenvalue weighted by Crippen LogP contribution is 2.19. The van der Waals surface area contributed by atoms with E-state index in [2.05, 4.69) is 4.98 Å². The third-order valence-electron chi connectivity index (χ3n) is 1.29. The van der Waals surface area contributed by atoms with Gasteiger partial charge in [0.2, 0.25) is 0 Å². The molecule has 0 radical (unpaired) electrons. The van der Waals surface area contributed by atoms with Crippen LogP contribution in [0.1, 0.15) is 25.6 Å². The van der Waals surface area contributed by atoms with Gasteiger partial charge in [-0.2, -0.15) is 0 Å². The standard InChI is InChI=1S/C10H12ClNO2S/c1-10(2,3)14-8(13)5-4-7-6-12-9(11)15-7/h4-6H,1-3H3/b5-4+. The van der Waals surface area contributed by atoms with Gasteiger partial charge >= 0.3 is 5.97 Å². The van der Waals surface area contributed by atoms with Crippen LogP contribution in [0.5, 0.6) is 0 Å². The van der Waals surface area contributed by atoms with Gasteiger partial charge in [-0.15, -0.1) is 11.3 Å². The van der Waals surface area contributed by atoms with Crippen LogP contribution in [-0.2, 0) is 9.53 Å². The highest BCUT2D eigenvalue weighted by molar-refractivity contribution is 7.16. The first kappa shape index (κ1) is 12.2. The fraction of sp³-hybridized carbons (Fsp3) is 0.400. The first-order valence-corrected chi connectivity index (χ1v) is 5.59. The number of carbonyl (C=O) groups excluding carboxylic acids is 1. The summed E-state index contributed by atoms with van der Waals surface area (Å²) in [5.41, 5.74) is -0.466. The Balaban J connectivity index is 2.55. The maximum absolute atomic E-state index is 11.3. The number of esters is 1. The monoisotopic (exact) mass is 245 g/mol. The molecule has 0 aliphatic heterocycles. The molecule has 82 valence electrons. The molecule has 0 aliphatic carbocycles. The van der Waals surface area contributed by atoms with Crippen LogP contribution in [0.25, 0.3) is 6.08 Å². The molecule has 0 fully saturated rings. The maximum atomic E-state index is 11.3. The van der Waals surface area contributed by atoms with Crippen molar-refractivity contribution in [2.75, 3.05) is 0 Å². The first-order chi connectivity index (χ1) is 6.87. The van der Waals surface area contributed by atoms with Crippen molar-refractivity contribution < 1.29 is 9.53 Å². The molecule has 0 saturated carbocycles. The molecule has 0 atom stereocenters. The van der Waals surface area contributed by atoms with Crippen LogP contribution < -0.4 is 0 Å². The number of thiazole rings is 1. The van der Waals surface area contributed by atoms with Crippen molar-refractivity contribution in [1.29, 1.82) is 0 Å². The summed E-state index contributed by atoms with van der Waals surface area (Å²) in [5.74, 6) is -0.368. The van der Waals surface area contributed by atoms with Gasteiger partial charge in [-0.05, 0) is 26.8 Å². The Morgan fingerprint density at radius 1 is 1.60 bits per heavy atom. The van der Waals surface area contributed by atoms with Crippen LogP contribution in [-0.4, -0.2) is 16.6 Å². The molecule has 5 heteroatoms. The molecule has 0 aliphatic rings. The smallest absolute Gasteiger partial charge is 0.331 e. The molecule has 0 saturated heterocycles. The lowest BCUT2D eigenvalue weighted by Crippen LogP contribution is -2.22. The van der Waals surface area contributed by atoms with Crippen LogP contribution in [0.4, 0.5) is 0 Å². The number of aromatic nitrogens is 1. The van der Waals surface area contributed by atoms with E-state index in [0.29, 0.717) is 4.47 Å². The first-order valence-electron chi connectivity index (χ1n) is 4.39. The summed E-state index contributed by atoms with van der Waals surface area (Å²) in [6, 6.07) is 0. The summed E-state index contributed by atoms with van der Waals surface area (Å²) in [4.78, 5) is 16.0. The summed E-state index contributed by atoms with van der Waals surface area (Å²) in [6.07, 6.45) is 4.61. The van der Waals surface area contributed by atoms with Crippen LogP contribution >= 0.6 is 22.9 Å². The second-order valence-corrected chi connectivity index (χ2v) is 5.53. The number of halogens is 1. The van der Waals surface area contributed by atoms with E-state index in [9.17, 15) is 4.79 Å². The summed E-state index contributed by atoms with van der Waals surface area (Å²) in [6.45, 7) is 5.47. The summed E-state index contributed by atoms with van der Waals surface area (Å²) >= 11 is 6.95. The zero-order valence-corrected chi connectivity index (χ0v) is 10.4. The van der Waals surface area contributed by atoms with Gasteiger partial charge in [0, 0.05) is 17.2 Å². The maximum Gasteiger partial charge on any atom is 0.331 e. The van der Waals surface area contributed by atoms with Gasteiger partial charge in [-0.25, -0.2) is 9.78 Å². The highest BCUT2D eigenvalue weighted by atomic mass is 35.5. The van der Waals surface area contributed by atoms with Gasteiger partial charge in [0.25, 0.3) is 0 Å². The largest absolute Gasteiger partial charge is 0.457 e. The van der Waals surface area contributed by atoms with E-state index in [1.165, 1.54) is 17.4 Å². The lowest BCUT2D eigenvalue weighted by atomic mass is 10.2. The lowest BCUT2D eigenvalue weighted by molar-refractivity contribution is -0.148. The fourth-order valence-electron chi connectivity index (χ4n) is 0.827. The summed E-state index contributed by atoms with van der Waals surface area (Å²) in [7, 11) is 0. The Kier molecular flexibility index (Phi) is 3.88. The normalized spacial score (nSPS) is 12.0. The van der Waals surface area contributed by atoms with Crippen molar-refractivity contribution in [3.8, 4) is 0 Å². The molecular formula is C10H12ClNO2S. The SMILES string of the molecule is CC(C)(C)OC(=O)/C=C/c1cnc(Cl)s1. The molecule has 1 aromatic rings. The molecule has 1 heterocycles. The topological polar surface area (TPSA) is 39.2 Å². The quantitative estimate of drug-likeness (QED) is 0.594. The second kappa shape index (κ2) is 4.77. The molecule has 0 amide bonds. The third-order valence-corrected chi connectivity index (χ3v) is 2.37. The molecule has 0 bridgehead atoms. The van der Waals surface area contributed by atoms with E-state index >= 15 is 0 Å². The van der Waals surface area contributed by atoms with E-state index in [-0.39, 0.29) is 5.97 Å². The van der Waals surface area contributed by atoms with Crippen LogP contribution in [0.15, 0.2) is 12.3 Å². The highest BCUT2D eigenvalue weighted by Gasteiger charge is 2.13. The number of rotatable bonds is 2. The Hall–Kier alpha value is -0.870. The van der Waals surface area contributed by atoms with E-state index in [4.69, 9.17) is 16.3 Å². The zero-order valence-electron chi connectivity index (χ0n) is 8.78. The number of hydrogen-bond acceptors (Lipinski definition) is 4. The van der Waals surface area contributed by atoms with E-state index < -0.39 is 5.60 Å². The van der Waals surface area contributed by atoms with Gasteiger partial charge in [0.1, 0.15) is 5.60 Å². The minimum atomic E-state index is -0.466. The lowest BCUT2D eigenvalue weighted by Gasteiger charge is -2.17. The summed E-state index contributed by atoms with van der Waals surface area (Å²) < 4.78 is 5.55. The number of hydrogen-bond donors (Lipinski definition) is 0. The minimum Gasteiger partial charge on any atom is -0.457 e. The number of nitrogens with zero attached hydrogens (tertiary/aromatic N) is 1. The third kappa shape index (κ3) is 4.95. The average molecular weight is 246 g/mol. The molecule has 3 nitrogen and oxygen atoms in total. The van der Waals surface area contributed by atoms with Gasteiger partial charge < -0.3 is 4.74 Å². The van der Waals surface area contributed by atoms with Crippen molar-refractivity contribution in [3.05, 3.63) is 21.6 Å². The molecule has 1 rings (SSSR count). The molecule has 0 aromatic carbocycles. The van der Waals surface area contributed by atoms with Crippen molar-refractivity contribution >= 4 is 35.0 Å². The summed E-state index contributed by atoms with van der Waals surface area (Å²) in [5, 5.41) is 0.